The summed E-state index contributed by atoms with van der Waals surface area (Å²) in [6, 6.07) is 8.14. The second-order valence-electron chi connectivity index (χ2n) is 6.65. The molecule has 24 heavy (non-hydrogen) atoms. The van der Waals surface area contributed by atoms with Gasteiger partial charge >= 0.3 is 6.03 Å². The summed E-state index contributed by atoms with van der Waals surface area (Å²) in [5.41, 5.74) is 2.43. The van der Waals surface area contributed by atoms with Gasteiger partial charge in [0.2, 0.25) is 0 Å². The molecule has 2 aliphatic rings. The number of carbonyl (C=O) groups excluding carboxylic acids is 1. The van der Waals surface area contributed by atoms with E-state index in [1.54, 1.807) is 0 Å². The number of morpholine rings is 1. The molecular formula is C18H27N3O2S. The van der Waals surface area contributed by atoms with Crippen LogP contribution >= 0.6 is 11.8 Å². The average molecular weight is 350 g/mol. The molecule has 0 radical (unpaired) electrons. The first-order chi connectivity index (χ1) is 11.7. The molecule has 2 saturated heterocycles. The second-order valence-corrected chi connectivity index (χ2v) is 7.76. The normalized spacial score (nSPS) is 24.7. The first kappa shape index (κ1) is 17.6. The minimum Gasteiger partial charge on any atom is -0.379 e. The minimum absolute atomic E-state index is 0.0824. The number of amides is 2. The summed E-state index contributed by atoms with van der Waals surface area (Å²) in [7, 11) is 0. The van der Waals surface area contributed by atoms with Gasteiger partial charge in [0, 0.05) is 37.5 Å². The number of nitrogens with one attached hydrogen (secondary N) is 2. The molecule has 1 atom stereocenters. The number of nitrogens with zero attached hydrogens (tertiary/aromatic N) is 1. The highest BCUT2D eigenvalue weighted by molar-refractivity contribution is 7.99. The molecule has 2 heterocycles. The SMILES string of the molecule is Cc1cccc(CNC(=O)NC[C@@]2(N3CCOCC3)CCSC2)c1. The van der Waals surface area contributed by atoms with Crippen LogP contribution in [0.4, 0.5) is 4.79 Å². The summed E-state index contributed by atoms with van der Waals surface area (Å²) in [6.45, 7) is 6.86. The molecule has 5 nitrogen and oxygen atoms in total. The van der Waals surface area contributed by atoms with E-state index in [4.69, 9.17) is 4.74 Å². The molecule has 3 rings (SSSR count). The zero-order chi connectivity index (χ0) is 16.8. The molecule has 0 saturated carbocycles. The van der Waals surface area contributed by atoms with Crippen LogP contribution in [0.15, 0.2) is 24.3 Å². The fourth-order valence-corrected chi connectivity index (χ4v) is 4.92. The van der Waals surface area contributed by atoms with Crippen LogP contribution in [0.2, 0.25) is 0 Å². The van der Waals surface area contributed by atoms with Gasteiger partial charge in [-0.1, -0.05) is 29.8 Å². The number of thioether (sulfide) groups is 1. The largest absolute Gasteiger partial charge is 0.379 e. The van der Waals surface area contributed by atoms with Crippen molar-refractivity contribution in [2.24, 2.45) is 0 Å². The van der Waals surface area contributed by atoms with Crippen molar-refractivity contribution in [2.75, 3.05) is 44.4 Å². The number of hydrogen-bond acceptors (Lipinski definition) is 4. The van der Waals surface area contributed by atoms with Crippen LogP contribution in [-0.2, 0) is 11.3 Å². The highest BCUT2D eigenvalue weighted by Gasteiger charge is 2.40. The maximum atomic E-state index is 12.2. The van der Waals surface area contributed by atoms with Crippen LogP contribution in [0.25, 0.3) is 0 Å². The summed E-state index contributed by atoms with van der Waals surface area (Å²) < 4.78 is 5.48. The van der Waals surface area contributed by atoms with Gasteiger partial charge in [-0.15, -0.1) is 0 Å². The highest BCUT2D eigenvalue weighted by Crippen LogP contribution is 2.33. The predicted octanol–water partition coefficient (Wildman–Crippen LogP) is 2.00. The van der Waals surface area contributed by atoms with E-state index in [1.807, 2.05) is 23.9 Å². The van der Waals surface area contributed by atoms with E-state index >= 15 is 0 Å². The molecule has 2 amide bonds. The number of rotatable bonds is 5. The lowest BCUT2D eigenvalue weighted by molar-refractivity contribution is -0.0124. The molecule has 1 aromatic carbocycles. The zero-order valence-corrected chi connectivity index (χ0v) is 15.2. The molecule has 132 valence electrons. The lowest BCUT2D eigenvalue weighted by Gasteiger charge is -2.43. The lowest BCUT2D eigenvalue weighted by Crippen LogP contribution is -2.59. The standard InChI is InChI=1S/C18H27N3O2S/c1-15-3-2-4-16(11-15)12-19-17(22)20-13-18(5-10-24-14-18)21-6-8-23-9-7-21/h2-4,11H,5-10,12-14H2,1H3,(H2,19,20,22)/t18-/m0/s1. The van der Waals surface area contributed by atoms with E-state index in [0.717, 1.165) is 44.0 Å². The van der Waals surface area contributed by atoms with E-state index in [1.165, 1.54) is 11.3 Å². The number of hydrogen-bond donors (Lipinski definition) is 2. The summed E-state index contributed by atoms with van der Waals surface area (Å²) in [5, 5.41) is 6.07. The first-order valence-electron chi connectivity index (χ1n) is 8.66. The fraction of sp³-hybridized carbons (Fsp3) is 0.611. The molecular weight excluding hydrogens is 322 g/mol. The predicted molar refractivity (Wildman–Crippen MR) is 98.5 cm³/mol. The summed E-state index contributed by atoms with van der Waals surface area (Å²) >= 11 is 1.98. The van der Waals surface area contributed by atoms with Gasteiger partial charge in [-0.2, -0.15) is 11.8 Å². The van der Waals surface area contributed by atoms with Crippen LogP contribution in [0.5, 0.6) is 0 Å². The van der Waals surface area contributed by atoms with Crippen molar-refractivity contribution in [3.05, 3.63) is 35.4 Å². The third-order valence-corrected chi connectivity index (χ3v) is 6.11. The highest BCUT2D eigenvalue weighted by atomic mass is 32.2. The molecule has 1 aromatic rings. The topological polar surface area (TPSA) is 53.6 Å². The van der Waals surface area contributed by atoms with E-state index in [-0.39, 0.29) is 11.6 Å². The van der Waals surface area contributed by atoms with E-state index in [2.05, 4.69) is 34.6 Å². The smallest absolute Gasteiger partial charge is 0.315 e. The van der Waals surface area contributed by atoms with E-state index in [9.17, 15) is 4.79 Å². The van der Waals surface area contributed by atoms with Gasteiger partial charge in [-0.05, 0) is 24.7 Å². The number of carbonyl (C=O) groups is 1. The van der Waals surface area contributed by atoms with Crippen molar-refractivity contribution in [1.29, 1.82) is 0 Å². The molecule has 0 aliphatic carbocycles. The molecule has 0 spiro atoms. The zero-order valence-electron chi connectivity index (χ0n) is 14.3. The Labute approximate surface area is 148 Å². The van der Waals surface area contributed by atoms with Crippen LogP contribution in [-0.4, -0.2) is 60.8 Å². The summed E-state index contributed by atoms with van der Waals surface area (Å²) in [6.07, 6.45) is 1.13. The number of ether oxygens (including phenoxy) is 1. The van der Waals surface area contributed by atoms with Crippen molar-refractivity contribution in [1.82, 2.24) is 15.5 Å². The van der Waals surface area contributed by atoms with Crippen molar-refractivity contribution in [3.8, 4) is 0 Å². The number of urea groups is 1. The monoisotopic (exact) mass is 349 g/mol. The van der Waals surface area contributed by atoms with Crippen LogP contribution in [0.1, 0.15) is 17.5 Å². The van der Waals surface area contributed by atoms with Crippen LogP contribution in [0, 0.1) is 6.92 Å². The van der Waals surface area contributed by atoms with Crippen molar-refractivity contribution >= 4 is 17.8 Å². The van der Waals surface area contributed by atoms with Gasteiger partial charge in [0.05, 0.1) is 13.2 Å². The Morgan fingerprint density at radius 1 is 1.33 bits per heavy atom. The fourth-order valence-electron chi connectivity index (χ4n) is 3.45. The summed E-state index contributed by atoms with van der Waals surface area (Å²) in [5.74, 6) is 2.26. The van der Waals surface area contributed by atoms with Gasteiger partial charge in [0.25, 0.3) is 0 Å². The molecule has 0 bridgehead atoms. The Bertz CT molecular complexity index is 555. The van der Waals surface area contributed by atoms with Crippen molar-refractivity contribution < 1.29 is 9.53 Å². The van der Waals surface area contributed by atoms with Gasteiger partial charge in [-0.25, -0.2) is 4.79 Å². The average Bonchev–Trinajstić information content (AvgIpc) is 3.09. The molecule has 0 unspecified atom stereocenters. The molecule has 2 fully saturated rings. The Morgan fingerprint density at radius 2 is 2.17 bits per heavy atom. The quantitative estimate of drug-likeness (QED) is 0.854. The number of benzene rings is 1. The molecule has 2 N–H and O–H groups in total. The lowest BCUT2D eigenvalue weighted by atomic mass is 9.95. The Kier molecular flexibility index (Phi) is 6.03. The minimum atomic E-state index is -0.0824. The van der Waals surface area contributed by atoms with Gasteiger partial charge in [0.1, 0.15) is 0 Å². The Balaban J connectivity index is 1.50. The van der Waals surface area contributed by atoms with Crippen LogP contribution in [0.3, 0.4) is 0 Å². The Hall–Kier alpha value is -1.24. The van der Waals surface area contributed by atoms with Gasteiger partial charge in [0.15, 0.2) is 0 Å². The first-order valence-corrected chi connectivity index (χ1v) is 9.81. The maximum absolute atomic E-state index is 12.2. The second kappa shape index (κ2) is 8.23. The van der Waals surface area contributed by atoms with E-state index in [0.29, 0.717) is 13.1 Å². The molecule has 2 aliphatic heterocycles. The van der Waals surface area contributed by atoms with Crippen molar-refractivity contribution in [2.45, 2.75) is 25.4 Å². The van der Waals surface area contributed by atoms with Crippen molar-refractivity contribution in [3.63, 3.8) is 0 Å². The molecule has 0 aromatic heterocycles. The van der Waals surface area contributed by atoms with E-state index < -0.39 is 0 Å². The Morgan fingerprint density at radius 3 is 2.88 bits per heavy atom. The molecule has 6 heteroatoms. The number of aryl methyl sites for hydroxylation is 1. The third-order valence-electron chi connectivity index (χ3n) is 4.88. The van der Waals surface area contributed by atoms with Gasteiger partial charge < -0.3 is 15.4 Å². The van der Waals surface area contributed by atoms with Crippen LogP contribution < -0.4 is 10.6 Å². The summed E-state index contributed by atoms with van der Waals surface area (Å²) in [4.78, 5) is 14.7. The third kappa shape index (κ3) is 4.43. The maximum Gasteiger partial charge on any atom is 0.315 e. The van der Waals surface area contributed by atoms with Gasteiger partial charge in [-0.3, -0.25) is 4.90 Å².